The van der Waals surface area contributed by atoms with Crippen LogP contribution >= 0.6 is 0 Å². The van der Waals surface area contributed by atoms with Gasteiger partial charge in [0.25, 0.3) is 0 Å². The first kappa shape index (κ1) is 41.8. The van der Waals surface area contributed by atoms with Crippen molar-refractivity contribution in [3.63, 3.8) is 0 Å². The smallest absolute Gasteiger partial charge is 0.309 e. The zero-order valence-corrected chi connectivity index (χ0v) is 36.4. The number of fused-ring (bicyclic) bond motifs is 6. The van der Waals surface area contributed by atoms with Crippen LogP contribution in [0.2, 0.25) is 0 Å². The minimum absolute atomic E-state index is 0.0852. The molecule has 0 aliphatic carbocycles. The van der Waals surface area contributed by atoms with E-state index in [9.17, 15) is 4.39 Å². The summed E-state index contributed by atoms with van der Waals surface area (Å²) in [7, 11) is 0. The molecule has 8 heteroatoms. The molecule has 10 aromatic carbocycles. The molecule has 0 fully saturated rings. The maximum absolute atomic E-state index is 16.8. The van der Waals surface area contributed by atoms with Crippen LogP contribution in [0.15, 0.2) is 218 Å². The molecule has 0 unspecified atom stereocenters. The first-order chi connectivity index (χ1) is 33.6. The summed E-state index contributed by atoms with van der Waals surface area (Å²) in [5.41, 5.74) is 6.80. The van der Waals surface area contributed by atoms with E-state index in [1.54, 1.807) is 33.4 Å². The van der Waals surface area contributed by atoms with Gasteiger partial charge in [0, 0.05) is 27.1 Å². The fraction of sp³-hybridized carbons (Fsp3) is 0.0164. The number of hydrogen-bond acceptors (Lipinski definition) is 0. The summed E-state index contributed by atoms with van der Waals surface area (Å²) < 4.78 is 99.6. The molecule has 0 saturated carbocycles. The fourth-order valence-corrected chi connectivity index (χ4v) is 9.97. The van der Waals surface area contributed by atoms with Crippen molar-refractivity contribution in [2.24, 2.45) is 0 Å². The van der Waals surface area contributed by atoms with Crippen LogP contribution in [0.4, 0.5) is 26.3 Å². The Morgan fingerprint density at radius 1 is 0.290 bits per heavy atom. The first-order valence-electron chi connectivity index (χ1n) is 22.4. The zero-order chi connectivity index (χ0) is 47.0. The minimum atomic E-state index is -5.02. The van der Waals surface area contributed by atoms with Crippen molar-refractivity contribution in [2.45, 2.75) is 6.18 Å². The van der Waals surface area contributed by atoms with Gasteiger partial charge >= 0.3 is 6.18 Å². The highest BCUT2D eigenvalue weighted by Crippen LogP contribution is 2.48. The lowest BCUT2D eigenvalue weighted by Gasteiger charge is -2.23. The second-order valence-corrected chi connectivity index (χ2v) is 17.2. The molecule has 69 heavy (non-hydrogen) atoms. The van der Waals surface area contributed by atoms with Gasteiger partial charge in [-0.25, -0.2) is 13.2 Å². The summed E-state index contributed by atoms with van der Waals surface area (Å²) in [6.45, 7) is 0. The van der Waals surface area contributed by atoms with Gasteiger partial charge in [0.05, 0.1) is 33.4 Å². The number of halogens is 6. The number of benzene rings is 10. The third-order valence-electron chi connectivity index (χ3n) is 13.2. The predicted molar refractivity (Wildman–Crippen MR) is 267 cm³/mol. The summed E-state index contributed by atoms with van der Waals surface area (Å²) in [5, 5.41) is 2.73. The Morgan fingerprint density at radius 3 is 0.913 bits per heavy atom. The van der Waals surface area contributed by atoms with E-state index in [1.807, 2.05) is 170 Å². The molecule has 12 aromatic rings. The number of rotatable bonds is 7. The Bertz CT molecular complexity index is 3530. The van der Waals surface area contributed by atoms with Crippen molar-refractivity contribution < 1.29 is 26.3 Å². The highest BCUT2D eigenvalue weighted by molar-refractivity contribution is 6.13. The molecule has 0 aliphatic rings. The maximum Gasteiger partial charge on any atom is 0.420 e. The summed E-state index contributed by atoms with van der Waals surface area (Å²) in [5.74, 6) is -4.66. The number of nitrogens with zero attached hydrogens (tertiary/aromatic N) is 2. The van der Waals surface area contributed by atoms with E-state index in [4.69, 9.17) is 0 Å². The van der Waals surface area contributed by atoms with E-state index in [2.05, 4.69) is 0 Å². The van der Waals surface area contributed by atoms with Gasteiger partial charge in [-0.2, -0.15) is 13.2 Å². The molecule has 2 nitrogen and oxygen atoms in total. The molecule has 2 aromatic heterocycles. The van der Waals surface area contributed by atoms with Gasteiger partial charge in [0.15, 0.2) is 17.5 Å². The molecule has 0 atom stereocenters. The number of aromatic nitrogens is 2. The normalized spacial score (nSPS) is 11.9. The summed E-state index contributed by atoms with van der Waals surface area (Å²) >= 11 is 0. The SMILES string of the molecule is Fc1ccc(-c2cc(-n3c4ccc(-c5ccccc5)cc4c4cc(-c5ccccc5)ccc43)c(C(F)(F)F)c(-n3c4ccc(-c5ccccc5)cc4c4cc(-c5ccccc5)ccc43)c2)c(F)c1F. The quantitative estimate of drug-likeness (QED) is 0.111. The van der Waals surface area contributed by atoms with Crippen LogP contribution in [0.5, 0.6) is 0 Å². The first-order valence-corrected chi connectivity index (χ1v) is 22.4. The van der Waals surface area contributed by atoms with Crippen molar-refractivity contribution in [2.75, 3.05) is 0 Å². The third kappa shape index (κ3) is 7.06. The van der Waals surface area contributed by atoms with Crippen molar-refractivity contribution in [1.82, 2.24) is 9.13 Å². The van der Waals surface area contributed by atoms with Crippen molar-refractivity contribution in [3.05, 3.63) is 241 Å². The van der Waals surface area contributed by atoms with Gasteiger partial charge in [-0.05, 0) is 123 Å². The molecule has 0 saturated heterocycles. The molecule has 0 N–H and O–H groups in total. The van der Waals surface area contributed by atoms with Crippen LogP contribution in [0.25, 0.3) is 111 Å². The predicted octanol–water partition coefficient (Wildman–Crippen LogP) is 17.7. The van der Waals surface area contributed by atoms with Crippen LogP contribution in [0.1, 0.15) is 5.56 Å². The van der Waals surface area contributed by atoms with Crippen LogP contribution in [-0.4, -0.2) is 9.13 Å². The highest BCUT2D eigenvalue weighted by Gasteiger charge is 2.40. The molecule has 0 bridgehead atoms. The van der Waals surface area contributed by atoms with E-state index in [0.29, 0.717) is 43.6 Å². The molecule has 0 radical (unpaired) electrons. The lowest BCUT2D eigenvalue weighted by molar-refractivity contribution is -0.137. The van der Waals surface area contributed by atoms with Crippen LogP contribution in [0, 0.1) is 17.5 Å². The van der Waals surface area contributed by atoms with Crippen LogP contribution in [-0.2, 0) is 6.18 Å². The lowest BCUT2D eigenvalue weighted by Crippen LogP contribution is -2.16. The average molecular weight is 911 g/mol. The standard InChI is InChI=1S/C61H36F6N2/c62-51-26-25-46(59(63)60(51)64)45-35-56(68-52-27-21-41(37-13-5-1-6-14-37)31-47(52)48-32-42(22-28-53(48)68)38-15-7-2-8-16-38)58(61(65,66)67)57(36-45)69-54-29-23-43(39-17-9-3-10-18-39)33-49(54)50-34-44(24-30-55(50)69)40-19-11-4-12-20-40/h1-36H. The molecular weight excluding hydrogens is 875 g/mol. The maximum atomic E-state index is 16.8. The highest BCUT2D eigenvalue weighted by atomic mass is 19.4. The third-order valence-corrected chi connectivity index (χ3v) is 13.2. The Morgan fingerprint density at radius 2 is 0.609 bits per heavy atom. The molecule has 12 rings (SSSR count). The summed E-state index contributed by atoms with van der Waals surface area (Å²) in [6, 6.07) is 65.9. The van der Waals surface area contributed by atoms with E-state index >= 15 is 22.0 Å². The number of alkyl halides is 3. The van der Waals surface area contributed by atoms with Crippen molar-refractivity contribution >= 4 is 43.6 Å². The monoisotopic (exact) mass is 910 g/mol. The van der Waals surface area contributed by atoms with Gasteiger partial charge < -0.3 is 9.13 Å². The Labute approximate surface area is 392 Å². The molecule has 0 amide bonds. The van der Waals surface area contributed by atoms with E-state index in [0.717, 1.165) is 56.6 Å². The van der Waals surface area contributed by atoms with Gasteiger partial charge in [-0.1, -0.05) is 146 Å². The zero-order valence-electron chi connectivity index (χ0n) is 36.4. The molecular formula is C61H36F6N2. The van der Waals surface area contributed by atoms with Gasteiger partial charge in [-0.3, -0.25) is 0 Å². The Hall–Kier alpha value is -8.62. The fourth-order valence-electron chi connectivity index (χ4n) is 9.97. The van der Waals surface area contributed by atoms with Crippen LogP contribution < -0.4 is 0 Å². The second-order valence-electron chi connectivity index (χ2n) is 17.2. The summed E-state index contributed by atoms with van der Waals surface area (Å²) in [4.78, 5) is 0. The van der Waals surface area contributed by atoms with Crippen LogP contribution in [0.3, 0.4) is 0 Å². The Kier molecular flexibility index (Phi) is 9.88. The minimum Gasteiger partial charge on any atom is -0.309 e. The van der Waals surface area contributed by atoms with Gasteiger partial charge in [0.1, 0.15) is 5.56 Å². The van der Waals surface area contributed by atoms with Crippen molar-refractivity contribution in [1.29, 1.82) is 0 Å². The molecule has 332 valence electrons. The molecule has 2 heterocycles. The average Bonchev–Trinajstić information content (AvgIpc) is 3.89. The van der Waals surface area contributed by atoms with E-state index < -0.39 is 34.8 Å². The Balaban J connectivity index is 1.22. The number of hydrogen-bond donors (Lipinski definition) is 0. The lowest BCUT2D eigenvalue weighted by atomic mass is 9.98. The topological polar surface area (TPSA) is 9.86 Å². The largest absolute Gasteiger partial charge is 0.420 e. The molecule has 0 aliphatic heterocycles. The second kappa shape index (κ2) is 16.3. The van der Waals surface area contributed by atoms with Gasteiger partial charge in [0.2, 0.25) is 0 Å². The van der Waals surface area contributed by atoms with E-state index in [-0.39, 0.29) is 16.9 Å². The van der Waals surface area contributed by atoms with Gasteiger partial charge in [-0.15, -0.1) is 0 Å². The van der Waals surface area contributed by atoms with E-state index in [1.165, 1.54) is 12.1 Å². The summed E-state index contributed by atoms with van der Waals surface area (Å²) in [6.07, 6.45) is -5.02. The van der Waals surface area contributed by atoms with Crippen molar-refractivity contribution in [3.8, 4) is 67.0 Å². The molecule has 0 spiro atoms.